The van der Waals surface area contributed by atoms with Crippen LogP contribution in [0.3, 0.4) is 0 Å². The fourth-order valence-corrected chi connectivity index (χ4v) is 1.32. The van der Waals surface area contributed by atoms with Gasteiger partial charge in [-0.05, 0) is 12.1 Å². The second-order valence-corrected chi connectivity index (χ2v) is 4.11. The summed E-state index contributed by atoms with van der Waals surface area (Å²) in [7, 11) is -4.11. The minimum Gasteiger partial charge on any atom is -0.399 e. The van der Waals surface area contributed by atoms with Crippen molar-refractivity contribution < 1.29 is 14.4 Å². The number of hydrogen-bond donors (Lipinski definition) is 4. The minimum atomic E-state index is -4.11. The van der Waals surface area contributed by atoms with Crippen LogP contribution >= 0.6 is 0 Å². The van der Waals surface area contributed by atoms with E-state index in [1.54, 1.807) is 0 Å². The van der Waals surface area contributed by atoms with Crippen molar-refractivity contribution in [1.82, 2.24) is 0 Å². The molecule has 0 atom stereocenters. The topological polar surface area (TPSA) is 86.7 Å². The monoisotopic (exact) mass is 171 g/mol. The molecule has 0 saturated heterocycles. The van der Waals surface area contributed by atoms with Crippen molar-refractivity contribution in [3.63, 3.8) is 0 Å². The summed E-state index contributed by atoms with van der Waals surface area (Å²) < 4.78 is 0. The molecule has 1 rings (SSSR count). The van der Waals surface area contributed by atoms with E-state index in [1.165, 1.54) is 24.3 Å². The van der Waals surface area contributed by atoms with Gasteiger partial charge in [-0.15, -0.1) is 0 Å². The third-order valence-corrected chi connectivity index (χ3v) is 2.41. The van der Waals surface area contributed by atoms with E-state index < -0.39 is 8.80 Å². The highest BCUT2D eigenvalue weighted by molar-refractivity contribution is 6.71. The number of nitrogens with two attached hydrogens (primary N) is 1. The van der Waals surface area contributed by atoms with Crippen molar-refractivity contribution in [1.29, 1.82) is 0 Å². The van der Waals surface area contributed by atoms with Gasteiger partial charge in [0.1, 0.15) is 0 Å². The summed E-state index contributed by atoms with van der Waals surface area (Å²) in [5, 5.41) is 0.131. The molecular formula is C6H9NO3Si. The van der Waals surface area contributed by atoms with Crippen LogP contribution < -0.4 is 10.9 Å². The van der Waals surface area contributed by atoms with E-state index in [9.17, 15) is 0 Å². The second kappa shape index (κ2) is 2.63. The van der Waals surface area contributed by atoms with E-state index in [4.69, 9.17) is 20.1 Å². The third kappa shape index (κ3) is 2.02. The maximum atomic E-state index is 8.79. The smallest absolute Gasteiger partial charge is 0.399 e. The van der Waals surface area contributed by atoms with E-state index >= 15 is 0 Å². The lowest BCUT2D eigenvalue weighted by atomic mass is 10.3. The highest BCUT2D eigenvalue weighted by atomic mass is 28.4. The molecule has 0 heterocycles. The van der Waals surface area contributed by atoms with Gasteiger partial charge in [0.25, 0.3) is 0 Å². The molecule has 11 heavy (non-hydrogen) atoms. The normalized spacial score (nSPS) is 11.5. The molecule has 0 bridgehead atoms. The lowest BCUT2D eigenvalue weighted by molar-refractivity contribution is 0.250. The molecule has 0 amide bonds. The quantitative estimate of drug-likeness (QED) is 0.302. The first-order valence-electron chi connectivity index (χ1n) is 3.03. The van der Waals surface area contributed by atoms with E-state index in [1.807, 2.05) is 0 Å². The van der Waals surface area contributed by atoms with E-state index in [-0.39, 0.29) is 5.19 Å². The highest BCUT2D eigenvalue weighted by Gasteiger charge is 2.29. The summed E-state index contributed by atoms with van der Waals surface area (Å²) in [5.74, 6) is 0. The van der Waals surface area contributed by atoms with Crippen molar-refractivity contribution in [2.24, 2.45) is 0 Å². The van der Waals surface area contributed by atoms with Gasteiger partial charge in [-0.1, -0.05) is 12.1 Å². The SMILES string of the molecule is Nc1ccc([Si](O)(O)O)cc1. The number of anilines is 1. The van der Waals surface area contributed by atoms with Crippen LogP contribution in [0.1, 0.15) is 0 Å². The van der Waals surface area contributed by atoms with Gasteiger partial charge < -0.3 is 20.1 Å². The molecule has 0 aliphatic rings. The summed E-state index contributed by atoms with van der Waals surface area (Å²) in [6.07, 6.45) is 0. The lowest BCUT2D eigenvalue weighted by Crippen LogP contribution is -2.48. The molecule has 0 saturated carbocycles. The molecule has 1 aromatic rings. The fraction of sp³-hybridized carbons (Fsp3) is 0. The molecule has 0 aromatic heterocycles. The first-order valence-corrected chi connectivity index (χ1v) is 4.87. The Morgan fingerprint density at radius 3 is 1.82 bits per heavy atom. The predicted octanol–water partition coefficient (Wildman–Crippen LogP) is -1.61. The standard InChI is InChI=1S/C6H9NO3Si/c7-5-1-3-6(4-2-5)11(8,9)10/h1-4,8-10H,7H2. The summed E-state index contributed by atoms with van der Waals surface area (Å²) in [6, 6.07) is 5.78. The molecule has 0 aliphatic carbocycles. The number of hydrogen-bond acceptors (Lipinski definition) is 4. The van der Waals surface area contributed by atoms with Gasteiger partial charge in [-0.2, -0.15) is 0 Å². The fourth-order valence-electron chi connectivity index (χ4n) is 0.707. The second-order valence-electron chi connectivity index (χ2n) is 2.26. The maximum Gasteiger partial charge on any atom is 0.528 e. The average Bonchev–Trinajstić information content (AvgIpc) is 1.86. The molecular weight excluding hydrogens is 162 g/mol. The van der Waals surface area contributed by atoms with Crippen LogP contribution in [0.5, 0.6) is 0 Å². The number of rotatable bonds is 1. The van der Waals surface area contributed by atoms with Gasteiger partial charge in [0.05, 0.1) is 0 Å². The molecule has 0 spiro atoms. The molecule has 0 fully saturated rings. The van der Waals surface area contributed by atoms with Crippen LogP contribution in [0.4, 0.5) is 5.69 Å². The molecule has 5 heteroatoms. The first kappa shape index (κ1) is 8.22. The molecule has 0 aliphatic heterocycles. The summed E-state index contributed by atoms with van der Waals surface area (Å²) in [6.45, 7) is 0. The Morgan fingerprint density at radius 1 is 1.00 bits per heavy atom. The molecule has 0 radical (unpaired) electrons. The molecule has 5 N–H and O–H groups in total. The maximum absolute atomic E-state index is 8.79. The van der Waals surface area contributed by atoms with Gasteiger partial charge in [0.2, 0.25) is 0 Å². The average molecular weight is 171 g/mol. The van der Waals surface area contributed by atoms with Crippen LogP contribution in [-0.4, -0.2) is 23.2 Å². The van der Waals surface area contributed by atoms with Gasteiger partial charge in [-0.3, -0.25) is 0 Å². The Bertz CT molecular complexity index is 241. The molecule has 0 unspecified atom stereocenters. The van der Waals surface area contributed by atoms with Crippen molar-refractivity contribution in [3.05, 3.63) is 24.3 Å². The Hall–Kier alpha value is -0.883. The predicted molar refractivity (Wildman–Crippen MR) is 42.9 cm³/mol. The zero-order valence-electron chi connectivity index (χ0n) is 5.73. The lowest BCUT2D eigenvalue weighted by Gasteiger charge is -2.08. The van der Waals surface area contributed by atoms with Crippen LogP contribution in [0.2, 0.25) is 0 Å². The molecule has 60 valence electrons. The molecule has 4 nitrogen and oxygen atoms in total. The van der Waals surface area contributed by atoms with Gasteiger partial charge in [0.15, 0.2) is 0 Å². The van der Waals surface area contributed by atoms with Crippen molar-refractivity contribution in [2.45, 2.75) is 0 Å². The largest absolute Gasteiger partial charge is 0.528 e. The number of nitrogen functional groups attached to an aromatic ring is 1. The minimum absolute atomic E-state index is 0.131. The van der Waals surface area contributed by atoms with Crippen molar-refractivity contribution >= 4 is 19.7 Å². The van der Waals surface area contributed by atoms with Crippen LogP contribution in [-0.2, 0) is 0 Å². The summed E-state index contributed by atoms with van der Waals surface area (Å²) in [4.78, 5) is 26.4. The first-order chi connectivity index (χ1) is 5.00. The Kier molecular flexibility index (Phi) is 1.96. The zero-order chi connectivity index (χ0) is 8.48. The van der Waals surface area contributed by atoms with Gasteiger partial charge >= 0.3 is 8.80 Å². The van der Waals surface area contributed by atoms with E-state index in [0.717, 1.165) is 0 Å². The Labute approximate surface area is 64.9 Å². The van der Waals surface area contributed by atoms with Gasteiger partial charge in [-0.25, -0.2) is 0 Å². The van der Waals surface area contributed by atoms with E-state index in [0.29, 0.717) is 5.69 Å². The van der Waals surface area contributed by atoms with Crippen LogP contribution in [0, 0.1) is 0 Å². The zero-order valence-corrected chi connectivity index (χ0v) is 6.73. The Balaban J connectivity index is 2.99. The van der Waals surface area contributed by atoms with Crippen molar-refractivity contribution in [2.75, 3.05) is 5.73 Å². The van der Waals surface area contributed by atoms with Gasteiger partial charge in [0, 0.05) is 10.9 Å². The third-order valence-electron chi connectivity index (χ3n) is 1.30. The van der Waals surface area contributed by atoms with Crippen LogP contribution in [0.25, 0.3) is 0 Å². The molecule has 1 aromatic carbocycles. The summed E-state index contributed by atoms with van der Waals surface area (Å²) >= 11 is 0. The van der Waals surface area contributed by atoms with E-state index in [2.05, 4.69) is 0 Å². The van der Waals surface area contributed by atoms with Crippen molar-refractivity contribution in [3.8, 4) is 0 Å². The highest BCUT2D eigenvalue weighted by Crippen LogP contribution is 1.98. The summed E-state index contributed by atoms with van der Waals surface area (Å²) in [5.41, 5.74) is 5.86. The number of benzene rings is 1. The van der Waals surface area contributed by atoms with Crippen LogP contribution in [0.15, 0.2) is 24.3 Å². The Morgan fingerprint density at radius 2 is 1.45 bits per heavy atom.